The molecule has 58 valence electrons. The van der Waals surface area contributed by atoms with E-state index in [1.807, 2.05) is 0 Å². The smallest absolute Gasteiger partial charge is 0.00480 e. The Balaban J connectivity index is 1.90. The van der Waals surface area contributed by atoms with Crippen molar-refractivity contribution in [2.24, 2.45) is 5.41 Å². The van der Waals surface area contributed by atoms with Crippen molar-refractivity contribution in [2.45, 2.75) is 12.8 Å². The van der Waals surface area contributed by atoms with Gasteiger partial charge in [-0.2, -0.15) is 11.8 Å². The van der Waals surface area contributed by atoms with Crippen LogP contribution in [0.1, 0.15) is 12.8 Å². The number of likely N-dealkylation sites (tertiary alicyclic amines) is 1. The zero-order valence-electron chi connectivity index (χ0n) is 6.60. The summed E-state index contributed by atoms with van der Waals surface area (Å²) in [5, 5.41) is 0. The van der Waals surface area contributed by atoms with Crippen LogP contribution in [0, 0.1) is 5.41 Å². The summed E-state index contributed by atoms with van der Waals surface area (Å²) < 4.78 is 0. The van der Waals surface area contributed by atoms with Gasteiger partial charge in [-0.25, -0.2) is 0 Å². The lowest BCUT2D eigenvalue weighted by Gasteiger charge is -2.50. The minimum absolute atomic E-state index is 0.778. The van der Waals surface area contributed by atoms with Gasteiger partial charge in [-0.15, -0.1) is 0 Å². The predicted octanol–water partition coefficient (Wildman–Crippen LogP) is 1.45. The molecule has 0 radical (unpaired) electrons. The van der Waals surface area contributed by atoms with E-state index in [-0.39, 0.29) is 0 Å². The number of hydrogen-bond acceptors (Lipinski definition) is 2. The van der Waals surface area contributed by atoms with Gasteiger partial charge in [0, 0.05) is 13.1 Å². The molecular weight excluding hydrogens is 142 g/mol. The monoisotopic (exact) mass is 157 g/mol. The van der Waals surface area contributed by atoms with Gasteiger partial charge in [-0.05, 0) is 36.8 Å². The number of nitrogens with zero attached hydrogens (tertiary/aromatic N) is 1. The second-order valence-electron chi connectivity index (χ2n) is 3.78. The Bertz CT molecular complexity index is 114. The molecule has 0 amide bonds. The average Bonchev–Trinajstić information content (AvgIpc) is 1.87. The van der Waals surface area contributed by atoms with Crippen molar-refractivity contribution in [3.8, 4) is 0 Å². The Morgan fingerprint density at radius 3 is 2.30 bits per heavy atom. The zero-order chi connectivity index (χ0) is 7.03. The standard InChI is InChI=1S/C8H15NS/c1-9-6-8(7-9)2-4-10-5-3-8/h2-7H2,1H3. The fourth-order valence-electron chi connectivity index (χ4n) is 2.22. The highest BCUT2D eigenvalue weighted by Gasteiger charge is 2.41. The van der Waals surface area contributed by atoms with Crippen LogP contribution in [0.2, 0.25) is 0 Å². The van der Waals surface area contributed by atoms with Crippen molar-refractivity contribution in [1.29, 1.82) is 0 Å². The highest BCUT2D eigenvalue weighted by atomic mass is 32.2. The molecule has 1 nitrogen and oxygen atoms in total. The van der Waals surface area contributed by atoms with Gasteiger partial charge in [0.15, 0.2) is 0 Å². The van der Waals surface area contributed by atoms with E-state index in [0.717, 1.165) is 5.41 Å². The molecule has 2 aliphatic heterocycles. The molecule has 2 heterocycles. The molecule has 2 rings (SSSR count). The van der Waals surface area contributed by atoms with Crippen LogP contribution in [0.15, 0.2) is 0 Å². The fourth-order valence-corrected chi connectivity index (χ4v) is 3.58. The van der Waals surface area contributed by atoms with Gasteiger partial charge in [-0.3, -0.25) is 0 Å². The molecule has 2 heteroatoms. The SMILES string of the molecule is CN1CC2(CCSCC2)C1. The predicted molar refractivity (Wildman–Crippen MR) is 46.5 cm³/mol. The van der Waals surface area contributed by atoms with Gasteiger partial charge < -0.3 is 4.90 Å². The third-order valence-electron chi connectivity index (χ3n) is 2.76. The van der Waals surface area contributed by atoms with Crippen LogP contribution >= 0.6 is 11.8 Å². The maximum absolute atomic E-state index is 2.44. The summed E-state index contributed by atoms with van der Waals surface area (Å²) in [4.78, 5) is 2.44. The highest BCUT2D eigenvalue weighted by molar-refractivity contribution is 7.99. The van der Waals surface area contributed by atoms with Crippen LogP contribution in [-0.2, 0) is 0 Å². The second kappa shape index (κ2) is 2.42. The molecule has 2 saturated heterocycles. The molecule has 0 saturated carbocycles. The van der Waals surface area contributed by atoms with Gasteiger partial charge in [0.25, 0.3) is 0 Å². The minimum Gasteiger partial charge on any atom is -0.305 e. The van der Waals surface area contributed by atoms with Gasteiger partial charge in [-0.1, -0.05) is 0 Å². The van der Waals surface area contributed by atoms with Crippen LogP contribution < -0.4 is 0 Å². The molecule has 0 aromatic heterocycles. The van der Waals surface area contributed by atoms with Crippen molar-refractivity contribution in [3.63, 3.8) is 0 Å². The summed E-state index contributed by atoms with van der Waals surface area (Å²) >= 11 is 2.13. The molecular formula is C8H15NS. The molecule has 2 aliphatic rings. The third-order valence-corrected chi connectivity index (χ3v) is 3.75. The first-order chi connectivity index (χ1) is 4.81. The topological polar surface area (TPSA) is 3.24 Å². The Labute approximate surface area is 67.2 Å². The average molecular weight is 157 g/mol. The fraction of sp³-hybridized carbons (Fsp3) is 1.00. The molecule has 1 spiro atoms. The molecule has 0 unspecified atom stereocenters. The second-order valence-corrected chi connectivity index (χ2v) is 5.01. The summed E-state index contributed by atoms with van der Waals surface area (Å²) in [5.41, 5.74) is 0.778. The normalized spacial score (nSPS) is 32.1. The largest absolute Gasteiger partial charge is 0.305 e. The summed E-state index contributed by atoms with van der Waals surface area (Å²) in [5.74, 6) is 2.82. The molecule has 0 atom stereocenters. The summed E-state index contributed by atoms with van der Waals surface area (Å²) in [6.07, 6.45) is 2.95. The summed E-state index contributed by atoms with van der Waals surface area (Å²) in [6, 6.07) is 0. The van der Waals surface area contributed by atoms with Crippen LogP contribution in [0.3, 0.4) is 0 Å². The number of hydrogen-bond donors (Lipinski definition) is 0. The van der Waals surface area contributed by atoms with E-state index >= 15 is 0 Å². The van der Waals surface area contributed by atoms with E-state index in [0.29, 0.717) is 0 Å². The lowest BCUT2D eigenvalue weighted by molar-refractivity contribution is 0.0151. The Morgan fingerprint density at radius 1 is 1.20 bits per heavy atom. The number of thioether (sulfide) groups is 1. The van der Waals surface area contributed by atoms with Crippen molar-refractivity contribution >= 4 is 11.8 Å². The maximum Gasteiger partial charge on any atom is 0.00480 e. The molecule has 0 N–H and O–H groups in total. The van der Waals surface area contributed by atoms with E-state index in [1.54, 1.807) is 0 Å². The molecule has 0 bridgehead atoms. The van der Waals surface area contributed by atoms with E-state index in [4.69, 9.17) is 0 Å². The third kappa shape index (κ3) is 1.08. The van der Waals surface area contributed by atoms with E-state index in [2.05, 4.69) is 23.7 Å². The molecule has 0 aromatic rings. The first-order valence-electron chi connectivity index (χ1n) is 4.07. The minimum atomic E-state index is 0.778. The van der Waals surface area contributed by atoms with E-state index < -0.39 is 0 Å². The Morgan fingerprint density at radius 2 is 1.80 bits per heavy atom. The first kappa shape index (κ1) is 6.99. The first-order valence-corrected chi connectivity index (χ1v) is 5.23. The van der Waals surface area contributed by atoms with E-state index in [1.165, 1.54) is 37.4 Å². The zero-order valence-corrected chi connectivity index (χ0v) is 7.41. The van der Waals surface area contributed by atoms with Crippen LogP contribution in [0.25, 0.3) is 0 Å². The summed E-state index contributed by atoms with van der Waals surface area (Å²) in [7, 11) is 2.23. The molecule has 0 aliphatic carbocycles. The van der Waals surface area contributed by atoms with Crippen molar-refractivity contribution in [1.82, 2.24) is 4.90 Å². The quantitative estimate of drug-likeness (QED) is 0.523. The highest BCUT2D eigenvalue weighted by Crippen LogP contribution is 2.41. The molecule has 10 heavy (non-hydrogen) atoms. The number of rotatable bonds is 0. The van der Waals surface area contributed by atoms with Crippen molar-refractivity contribution < 1.29 is 0 Å². The lowest BCUT2D eigenvalue weighted by Crippen LogP contribution is -2.55. The van der Waals surface area contributed by atoms with Crippen molar-refractivity contribution in [2.75, 3.05) is 31.6 Å². The van der Waals surface area contributed by atoms with Crippen LogP contribution in [0.4, 0.5) is 0 Å². The van der Waals surface area contributed by atoms with Gasteiger partial charge in [0.05, 0.1) is 0 Å². The van der Waals surface area contributed by atoms with Gasteiger partial charge in [0.1, 0.15) is 0 Å². The van der Waals surface area contributed by atoms with Crippen molar-refractivity contribution in [3.05, 3.63) is 0 Å². The van der Waals surface area contributed by atoms with Crippen LogP contribution in [0.5, 0.6) is 0 Å². The lowest BCUT2D eigenvalue weighted by atomic mass is 9.75. The molecule has 0 aromatic carbocycles. The molecule has 2 fully saturated rings. The van der Waals surface area contributed by atoms with E-state index in [9.17, 15) is 0 Å². The Hall–Kier alpha value is 0.310. The van der Waals surface area contributed by atoms with Crippen LogP contribution in [-0.4, -0.2) is 36.5 Å². The summed E-state index contributed by atoms with van der Waals surface area (Å²) in [6.45, 7) is 2.74. The maximum atomic E-state index is 2.44. The van der Waals surface area contributed by atoms with Gasteiger partial charge in [0.2, 0.25) is 0 Å². The Kier molecular flexibility index (Phi) is 1.69. The van der Waals surface area contributed by atoms with Gasteiger partial charge >= 0.3 is 0 Å².